The Hall–Kier alpha value is -2.94. The molecular weight excluding hydrogens is 465 g/mol. The molecule has 9 heteroatoms. The van der Waals surface area contributed by atoms with Crippen LogP contribution in [0.15, 0.2) is 71.6 Å². The highest BCUT2D eigenvalue weighted by molar-refractivity contribution is 7.89. The van der Waals surface area contributed by atoms with Crippen molar-refractivity contribution in [3.05, 3.63) is 88.7 Å². The van der Waals surface area contributed by atoms with E-state index in [1.165, 1.54) is 28.6 Å². The van der Waals surface area contributed by atoms with Crippen LogP contribution in [0.1, 0.15) is 15.9 Å². The van der Waals surface area contributed by atoms with Crippen molar-refractivity contribution >= 4 is 38.9 Å². The van der Waals surface area contributed by atoms with Gasteiger partial charge in [0.2, 0.25) is 10.0 Å². The number of nitrogens with zero attached hydrogens (tertiary/aromatic N) is 2. The number of sulfonamides is 1. The lowest BCUT2D eigenvalue weighted by Crippen LogP contribution is -2.48. The number of carbonyl (C=O) groups excluding carboxylic acids is 1. The minimum atomic E-state index is -3.78. The second-order valence-corrected chi connectivity index (χ2v) is 10.2. The monoisotopic (exact) mass is 487 g/mol. The molecule has 6 nitrogen and oxygen atoms in total. The van der Waals surface area contributed by atoms with E-state index >= 15 is 0 Å². The maximum atomic E-state index is 13.2. The summed E-state index contributed by atoms with van der Waals surface area (Å²) in [6.07, 6.45) is 0. The number of benzene rings is 3. The third-order valence-electron chi connectivity index (χ3n) is 5.54. The van der Waals surface area contributed by atoms with Crippen LogP contribution in [0.2, 0.25) is 5.02 Å². The number of carbonyl (C=O) groups is 1. The molecule has 172 valence electrons. The van der Waals surface area contributed by atoms with E-state index in [1.54, 1.807) is 36.4 Å². The third kappa shape index (κ3) is 5.19. The van der Waals surface area contributed by atoms with E-state index in [0.29, 0.717) is 23.8 Å². The number of amides is 1. The summed E-state index contributed by atoms with van der Waals surface area (Å²) >= 11 is 6.19. The number of rotatable bonds is 5. The maximum Gasteiger partial charge on any atom is 0.255 e. The van der Waals surface area contributed by atoms with Crippen molar-refractivity contribution in [2.45, 2.75) is 11.8 Å². The fourth-order valence-electron chi connectivity index (χ4n) is 3.70. The van der Waals surface area contributed by atoms with E-state index in [9.17, 15) is 17.6 Å². The summed E-state index contributed by atoms with van der Waals surface area (Å²) in [5, 5.41) is 3.14. The molecular formula is C24H23ClFN3O3S. The summed E-state index contributed by atoms with van der Waals surface area (Å²) in [6.45, 7) is 3.43. The molecule has 0 bridgehead atoms. The maximum absolute atomic E-state index is 13.2. The molecule has 0 aliphatic carbocycles. The fourth-order valence-corrected chi connectivity index (χ4v) is 5.45. The molecule has 1 aliphatic heterocycles. The van der Waals surface area contributed by atoms with Crippen molar-refractivity contribution in [2.24, 2.45) is 0 Å². The minimum absolute atomic E-state index is 0.0559. The first-order valence-electron chi connectivity index (χ1n) is 10.4. The van der Waals surface area contributed by atoms with Gasteiger partial charge < -0.3 is 10.2 Å². The first-order chi connectivity index (χ1) is 15.7. The number of aryl methyl sites for hydroxylation is 1. The highest BCUT2D eigenvalue weighted by atomic mass is 35.5. The minimum Gasteiger partial charge on any atom is -0.369 e. The van der Waals surface area contributed by atoms with Crippen LogP contribution in [-0.2, 0) is 10.0 Å². The molecule has 1 fully saturated rings. The molecule has 0 atom stereocenters. The number of nitrogens with one attached hydrogen (secondary N) is 1. The number of halogens is 2. The molecule has 0 aromatic heterocycles. The van der Waals surface area contributed by atoms with Crippen molar-refractivity contribution in [1.82, 2.24) is 4.31 Å². The van der Waals surface area contributed by atoms with Gasteiger partial charge in [0.15, 0.2) is 0 Å². The van der Waals surface area contributed by atoms with Gasteiger partial charge in [0.25, 0.3) is 5.91 Å². The number of hydrogen-bond acceptors (Lipinski definition) is 4. The van der Waals surface area contributed by atoms with Gasteiger partial charge in [-0.15, -0.1) is 0 Å². The lowest BCUT2D eigenvalue weighted by molar-refractivity contribution is 0.102. The van der Waals surface area contributed by atoms with Gasteiger partial charge in [-0.05, 0) is 67.1 Å². The summed E-state index contributed by atoms with van der Waals surface area (Å²) in [5.41, 5.74) is 2.49. The second kappa shape index (κ2) is 9.51. The summed E-state index contributed by atoms with van der Waals surface area (Å²) < 4.78 is 41.0. The molecule has 1 amide bonds. The Labute approximate surface area is 197 Å². The average Bonchev–Trinajstić information content (AvgIpc) is 2.81. The lowest BCUT2D eigenvalue weighted by atomic mass is 10.2. The highest BCUT2D eigenvalue weighted by Crippen LogP contribution is 2.25. The van der Waals surface area contributed by atoms with E-state index in [0.717, 1.165) is 11.3 Å². The quantitative estimate of drug-likeness (QED) is 0.573. The summed E-state index contributed by atoms with van der Waals surface area (Å²) in [4.78, 5) is 14.8. The predicted octanol–water partition coefficient (Wildman–Crippen LogP) is 4.55. The van der Waals surface area contributed by atoms with Crippen molar-refractivity contribution in [3.63, 3.8) is 0 Å². The van der Waals surface area contributed by atoms with E-state index in [1.807, 2.05) is 17.9 Å². The second-order valence-electron chi connectivity index (χ2n) is 7.83. The Bertz CT molecular complexity index is 1270. The molecule has 3 aromatic rings. The van der Waals surface area contributed by atoms with Gasteiger partial charge in [0.05, 0.1) is 15.6 Å². The van der Waals surface area contributed by atoms with Crippen LogP contribution in [-0.4, -0.2) is 44.8 Å². The van der Waals surface area contributed by atoms with Crippen molar-refractivity contribution < 1.29 is 17.6 Å². The van der Waals surface area contributed by atoms with E-state index < -0.39 is 15.9 Å². The summed E-state index contributed by atoms with van der Waals surface area (Å²) in [7, 11) is -3.78. The zero-order chi connectivity index (χ0) is 23.6. The molecule has 1 aliphatic rings. The van der Waals surface area contributed by atoms with Crippen LogP contribution >= 0.6 is 11.6 Å². The van der Waals surface area contributed by atoms with Crippen molar-refractivity contribution in [2.75, 3.05) is 36.4 Å². The molecule has 33 heavy (non-hydrogen) atoms. The molecule has 0 radical (unpaired) electrons. The molecule has 1 N–H and O–H groups in total. The van der Waals surface area contributed by atoms with Crippen LogP contribution in [0.4, 0.5) is 15.8 Å². The first kappa shape index (κ1) is 23.2. The molecule has 4 rings (SSSR count). The fraction of sp³-hybridized carbons (Fsp3) is 0.208. The van der Waals surface area contributed by atoms with E-state index in [-0.39, 0.29) is 29.4 Å². The Kier molecular flexibility index (Phi) is 6.69. The Balaban J connectivity index is 1.47. The zero-order valence-corrected chi connectivity index (χ0v) is 19.5. The van der Waals surface area contributed by atoms with Crippen LogP contribution in [0.25, 0.3) is 0 Å². The lowest BCUT2D eigenvalue weighted by Gasteiger charge is -2.35. The summed E-state index contributed by atoms with van der Waals surface area (Å²) in [5.74, 6) is -0.757. The Morgan fingerprint density at radius 2 is 1.67 bits per heavy atom. The topological polar surface area (TPSA) is 69.7 Å². The highest BCUT2D eigenvalue weighted by Gasteiger charge is 2.29. The van der Waals surface area contributed by atoms with Gasteiger partial charge in [0, 0.05) is 37.4 Å². The number of hydrogen-bond donors (Lipinski definition) is 1. The normalized spacial score (nSPS) is 14.8. The zero-order valence-electron chi connectivity index (χ0n) is 18.0. The van der Waals surface area contributed by atoms with Crippen LogP contribution in [0, 0.1) is 12.7 Å². The third-order valence-corrected chi connectivity index (χ3v) is 7.74. The standard InChI is InChI=1S/C24H23ClFN3O3S/c1-17-5-10-23(22(25)15-17)27-24(30)18-3-2-4-21(16-18)33(31,32)29-13-11-28(12-14-29)20-8-6-19(26)7-9-20/h2-10,15-16H,11-14H2,1H3,(H,27,30). The van der Waals surface area contributed by atoms with Crippen molar-refractivity contribution in [3.8, 4) is 0 Å². The van der Waals surface area contributed by atoms with Crippen LogP contribution in [0.5, 0.6) is 0 Å². The SMILES string of the molecule is Cc1ccc(NC(=O)c2cccc(S(=O)(=O)N3CCN(c4ccc(F)cc4)CC3)c2)c(Cl)c1. The molecule has 0 unspecified atom stereocenters. The van der Waals surface area contributed by atoms with Gasteiger partial charge in [-0.2, -0.15) is 4.31 Å². The van der Waals surface area contributed by atoms with Crippen molar-refractivity contribution in [1.29, 1.82) is 0 Å². The van der Waals surface area contributed by atoms with Crippen LogP contribution in [0.3, 0.4) is 0 Å². The van der Waals surface area contributed by atoms with E-state index in [2.05, 4.69) is 5.32 Å². The molecule has 1 heterocycles. The first-order valence-corrected chi connectivity index (χ1v) is 12.2. The Morgan fingerprint density at radius 1 is 0.970 bits per heavy atom. The molecule has 1 saturated heterocycles. The Morgan fingerprint density at radius 3 is 2.33 bits per heavy atom. The number of anilines is 2. The molecule has 3 aromatic carbocycles. The summed E-state index contributed by atoms with van der Waals surface area (Å²) in [6, 6.07) is 17.4. The van der Waals surface area contributed by atoms with Gasteiger partial charge in [-0.1, -0.05) is 23.7 Å². The van der Waals surface area contributed by atoms with Gasteiger partial charge in [-0.3, -0.25) is 4.79 Å². The smallest absolute Gasteiger partial charge is 0.255 e. The van der Waals surface area contributed by atoms with E-state index in [4.69, 9.17) is 11.6 Å². The predicted molar refractivity (Wildman–Crippen MR) is 128 cm³/mol. The largest absolute Gasteiger partial charge is 0.369 e. The van der Waals surface area contributed by atoms with Gasteiger partial charge in [-0.25, -0.2) is 12.8 Å². The average molecular weight is 488 g/mol. The molecule has 0 spiro atoms. The van der Waals surface area contributed by atoms with Gasteiger partial charge in [0.1, 0.15) is 5.82 Å². The number of piperazine rings is 1. The van der Waals surface area contributed by atoms with Crippen LogP contribution < -0.4 is 10.2 Å². The molecule has 0 saturated carbocycles. The van der Waals surface area contributed by atoms with Gasteiger partial charge >= 0.3 is 0 Å².